The molecule has 1 N–H and O–H groups in total. The highest BCUT2D eigenvalue weighted by molar-refractivity contribution is 5.62. The summed E-state index contributed by atoms with van der Waals surface area (Å²) in [6.45, 7) is 1.81. The molecule has 0 spiro atoms. The fourth-order valence-corrected chi connectivity index (χ4v) is 1.61. The molecule has 2 rings (SSSR count). The van der Waals surface area contributed by atoms with Gasteiger partial charge in [-0.1, -0.05) is 0 Å². The van der Waals surface area contributed by atoms with E-state index in [1.807, 2.05) is 6.92 Å². The van der Waals surface area contributed by atoms with E-state index in [0.29, 0.717) is 11.3 Å². The van der Waals surface area contributed by atoms with Gasteiger partial charge in [-0.25, -0.2) is 8.78 Å². The van der Waals surface area contributed by atoms with E-state index in [1.165, 1.54) is 6.07 Å². The van der Waals surface area contributed by atoms with Gasteiger partial charge in [0.05, 0.1) is 11.6 Å². The fourth-order valence-electron chi connectivity index (χ4n) is 1.61. The quantitative estimate of drug-likeness (QED) is 0.869. The molecule has 0 aliphatic rings. The Balaban J connectivity index is 2.26. The van der Waals surface area contributed by atoms with Crippen molar-refractivity contribution in [1.29, 1.82) is 5.26 Å². The van der Waals surface area contributed by atoms with Gasteiger partial charge in [0.25, 0.3) is 0 Å². The first-order valence-electron chi connectivity index (χ1n) is 5.33. The Morgan fingerprint density at radius 2 is 1.67 bits per heavy atom. The Labute approximate surface area is 103 Å². The lowest BCUT2D eigenvalue weighted by Gasteiger charge is -2.08. The number of nitriles is 1. The second-order valence-electron chi connectivity index (χ2n) is 3.90. The van der Waals surface area contributed by atoms with Crippen molar-refractivity contribution >= 4 is 11.4 Å². The lowest BCUT2D eigenvalue weighted by atomic mass is 10.1. The largest absolute Gasteiger partial charge is 0.355 e. The summed E-state index contributed by atoms with van der Waals surface area (Å²) in [6, 6.07) is 10.8. The van der Waals surface area contributed by atoms with Crippen molar-refractivity contribution in [1.82, 2.24) is 0 Å². The maximum atomic E-state index is 13.0. The first kappa shape index (κ1) is 12.1. The molecule has 2 nitrogen and oxygen atoms in total. The zero-order valence-electron chi connectivity index (χ0n) is 9.67. The van der Waals surface area contributed by atoms with E-state index in [0.717, 1.165) is 23.4 Å². The lowest BCUT2D eigenvalue weighted by molar-refractivity contribution is 0.509. The second kappa shape index (κ2) is 4.84. The number of halogens is 2. The molecule has 2 aromatic carbocycles. The fraction of sp³-hybridized carbons (Fsp3) is 0.0714. The van der Waals surface area contributed by atoms with Gasteiger partial charge in [0.2, 0.25) is 0 Å². The molecule has 2 aromatic rings. The van der Waals surface area contributed by atoms with Crippen LogP contribution in [0.3, 0.4) is 0 Å². The Morgan fingerprint density at radius 1 is 1.00 bits per heavy atom. The van der Waals surface area contributed by atoms with E-state index < -0.39 is 11.6 Å². The van der Waals surface area contributed by atoms with Crippen LogP contribution in [0.25, 0.3) is 0 Å². The highest BCUT2D eigenvalue weighted by Crippen LogP contribution is 2.21. The summed E-state index contributed by atoms with van der Waals surface area (Å²) in [5.74, 6) is -1.78. The number of anilines is 2. The third-order valence-electron chi connectivity index (χ3n) is 2.56. The van der Waals surface area contributed by atoms with Crippen LogP contribution in [0.15, 0.2) is 36.4 Å². The number of benzene rings is 2. The number of hydrogen-bond donors (Lipinski definition) is 1. The predicted molar refractivity (Wildman–Crippen MR) is 65.5 cm³/mol. The van der Waals surface area contributed by atoms with Crippen molar-refractivity contribution in [2.45, 2.75) is 6.92 Å². The summed E-state index contributed by atoms with van der Waals surface area (Å²) in [6.07, 6.45) is 0. The minimum atomic E-state index is -0.898. The Bertz CT molecular complexity index is 630. The average Bonchev–Trinajstić information content (AvgIpc) is 2.34. The predicted octanol–water partition coefficient (Wildman–Crippen LogP) is 3.89. The molecule has 0 bridgehead atoms. The summed E-state index contributed by atoms with van der Waals surface area (Å²) in [5.41, 5.74) is 2.59. The van der Waals surface area contributed by atoms with Crippen LogP contribution >= 0.6 is 0 Å². The van der Waals surface area contributed by atoms with Crippen molar-refractivity contribution in [3.8, 4) is 6.07 Å². The van der Waals surface area contributed by atoms with Crippen LogP contribution in [0, 0.1) is 29.9 Å². The molecule has 0 aliphatic heterocycles. The highest BCUT2D eigenvalue weighted by atomic mass is 19.2. The topological polar surface area (TPSA) is 35.8 Å². The number of nitrogens with one attached hydrogen (secondary N) is 1. The van der Waals surface area contributed by atoms with E-state index in [1.54, 1.807) is 18.2 Å². The minimum absolute atomic E-state index is 0.456. The zero-order valence-corrected chi connectivity index (χ0v) is 9.67. The minimum Gasteiger partial charge on any atom is -0.355 e. The summed E-state index contributed by atoms with van der Waals surface area (Å²) >= 11 is 0. The van der Waals surface area contributed by atoms with Crippen molar-refractivity contribution in [3.05, 3.63) is 59.2 Å². The van der Waals surface area contributed by atoms with E-state index >= 15 is 0 Å². The molecule has 0 radical (unpaired) electrons. The first-order chi connectivity index (χ1) is 8.60. The van der Waals surface area contributed by atoms with Gasteiger partial charge in [0.15, 0.2) is 11.6 Å². The van der Waals surface area contributed by atoms with Crippen LogP contribution < -0.4 is 5.32 Å². The molecule has 0 heterocycles. The van der Waals surface area contributed by atoms with Gasteiger partial charge in [-0.2, -0.15) is 5.26 Å². The van der Waals surface area contributed by atoms with E-state index in [9.17, 15) is 8.78 Å². The normalized spacial score (nSPS) is 9.89. The molecule has 0 unspecified atom stereocenters. The van der Waals surface area contributed by atoms with Crippen LogP contribution in [0.4, 0.5) is 20.2 Å². The molecule has 0 fully saturated rings. The maximum absolute atomic E-state index is 13.0. The smallest absolute Gasteiger partial charge is 0.160 e. The van der Waals surface area contributed by atoms with Crippen LogP contribution in [0.5, 0.6) is 0 Å². The van der Waals surface area contributed by atoms with Gasteiger partial charge in [-0.15, -0.1) is 0 Å². The zero-order chi connectivity index (χ0) is 13.1. The van der Waals surface area contributed by atoms with Gasteiger partial charge < -0.3 is 5.32 Å². The summed E-state index contributed by atoms with van der Waals surface area (Å²) < 4.78 is 25.8. The number of nitrogens with zero attached hydrogens (tertiary/aromatic N) is 1. The second-order valence-corrected chi connectivity index (χ2v) is 3.90. The molecule has 0 saturated carbocycles. The molecule has 4 heteroatoms. The summed E-state index contributed by atoms with van der Waals surface area (Å²) in [5, 5.41) is 11.8. The Hall–Kier alpha value is -2.41. The molecular weight excluding hydrogens is 234 g/mol. The number of aryl methyl sites for hydroxylation is 1. The Morgan fingerprint density at radius 3 is 2.28 bits per heavy atom. The van der Waals surface area contributed by atoms with E-state index in [-0.39, 0.29) is 0 Å². The van der Waals surface area contributed by atoms with Crippen molar-refractivity contribution in [2.24, 2.45) is 0 Å². The van der Waals surface area contributed by atoms with Crippen LogP contribution in [-0.2, 0) is 0 Å². The third kappa shape index (κ3) is 2.46. The molecule has 0 atom stereocenters. The van der Waals surface area contributed by atoms with Crippen molar-refractivity contribution in [3.63, 3.8) is 0 Å². The molecular formula is C14H10F2N2. The molecule has 90 valence electrons. The molecule has 18 heavy (non-hydrogen) atoms. The maximum Gasteiger partial charge on any atom is 0.160 e. The van der Waals surface area contributed by atoms with Crippen LogP contribution in [0.1, 0.15) is 11.1 Å². The highest BCUT2D eigenvalue weighted by Gasteiger charge is 2.04. The lowest BCUT2D eigenvalue weighted by Crippen LogP contribution is -1.94. The summed E-state index contributed by atoms with van der Waals surface area (Å²) in [7, 11) is 0. The van der Waals surface area contributed by atoms with E-state index in [4.69, 9.17) is 5.26 Å². The van der Waals surface area contributed by atoms with Crippen LogP contribution in [0.2, 0.25) is 0 Å². The van der Waals surface area contributed by atoms with Gasteiger partial charge >= 0.3 is 0 Å². The Kier molecular flexibility index (Phi) is 3.24. The SMILES string of the molecule is Cc1cc(Nc2ccc(F)c(F)c2)ccc1C#N. The van der Waals surface area contributed by atoms with E-state index in [2.05, 4.69) is 11.4 Å². The average molecular weight is 244 g/mol. The standard InChI is InChI=1S/C14H10F2N2/c1-9-6-11(3-2-10(9)8-17)18-12-4-5-13(15)14(16)7-12/h2-7,18H,1H3. The summed E-state index contributed by atoms with van der Waals surface area (Å²) in [4.78, 5) is 0. The van der Waals surface area contributed by atoms with Gasteiger partial charge in [0.1, 0.15) is 0 Å². The van der Waals surface area contributed by atoms with Gasteiger partial charge in [0, 0.05) is 17.4 Å². The van der Waals surface area contributed by atoms with Gasteiger partial charge in [-0.05, 0) is 42.8 Å². The van der Waals surface area contributed by atoms with Crippen molar-refractivity contribution < 1.29 is 8.78 Å². The van der Waals surface area contributed by atoms with Gasteiger partial charge in [-0.3, -0.25) is 0 Å². The third-order valence-corrected chi connectivity index (χ3v) is 2.56. The van der Waals surface area contributed by atoms with Crippen LogP contribution in [-0.4, -0.2) is 0 Å². The molecule has 0 saturated heterocycles. The molecule has 0 amide bonds. The van der Waals surface area contributed by atoms with Crippen molar-refractivity contribution in [2.75, 3.05) is 5.32 Å². The molecule has 0 aromatic heterocycles. The number of hydrogen-bond acceptors (Lipinski definition) is 2. The monoisotopic (exact) mass is 244 g/mol. The number of rotatable bonds is 2. The first-order valence-corrected chi connectivity index (χ1v) is 5.33. The molecule has 0 aliphatic carbocycles.